The molecule has 0 fully saturated rings. The number of hydrogen-bond donors (Lipinski definition) is 3. The Hall–Kier alpha value is -2.45. The summed E-state index contributed by atoms with van der Waals surface area (Å²) in [6.07, 6.45) is 1.24. The number of anilines is 2. The normalized spacial score (nSPS) is 13.2. The largest absolute Gasteiger partial charge is 0.481 e. The molecule has 0 radical (unpaired) electrons. The van der Waals surface area contributed by atoms with Crippen molar-refractivity contribution in [2.45, 2.75) is 25.9 Å². The van der Waals surface area contributed by atoms with E-state index < -0.39 is 5.97 Å². The van der Waals surface area contributed by atoms with E-state index in [4.69, 9.17) is 9.84 Å². The predicted molar refractivity (Wildman–Crippen MR) is 90.5 cm³/mol. The van der Waals surface area contributed by atoms with Crippen LogP contribution in [0.5, 0.6) is 0 Å². The number of aliphatic carboxylic acids is 1. The highest BCUT2D eigenvalue weighted by Gasteiger charge is 2.16. The lowest BCUT2D eigenvalue weighted by molar-refractivity contribution is -0.136. The van der Waals surface area contributed by atoms with E-state index in [9.17, 15) is 9.59 Å². The molecule has 0 unspecified atom stereocenters. The van der Waals surface area contributed by atoms with Crippen molar-refractivity contribution in [1.29, 1.82) is 0 Å². The van der Waals surface area contributed by atoms with Gasteiger partial charge in [0.15, 0.2) is 5.13 Å². The Balaban J connectivity index is 1.59. The van der Waals surface area contributed by atoms with Gasteiger partial charge >= 0.3 is 12.0 Å². The maximum Gasteiger partial charge on any atom is 0.325 e. The molecule has 2 aromatic rings. The lowest BCUT2D eigenvalue weighted by Gasteiger charge is -2.08. The van der Waals surface area contributed by atoms with E-state index in [0.717, 1.165) is 22.6 Å². The van der Waals surface area contributed by atoms with E-state index in [1.54, 1.807) is 18.2 Å². The molecule has 0 atom stereocenters. The van der Waals surface area contributed by atoms with Crippen LogP contribution in [0.15, 0.2) is 24.3 Å². The average Bonchev–Trinajstić information content (AvgIpc) is 2.95. The molecular formula is C16H17N3O4S. The van der Waals surface area contributed by atoms with Gasteiger partial charge in [0, 0.05) is 18.5 Å². The molecule has 1 aromatic heterocycles. The van der Waals surface area contributed by atoms with Gasteiger partial charge in [-0.1, -0.05) is 23.5 Å². The Morgan fingerprint density at radius 2 is 2.21 bits per heavy atom. The summed E-state index contributed by atoms with van der Waals surface area (Å²) in [5.41, 5.74) is 2.45. The number of carbonyl (C=O) groups excluding carboxylic acids is 1. The molecule has 1 aromatic carbocycles. The number of aromatic nitrogens is 1. The molecule has 2 amide bonds. The van der Waals surface area contributed by atoms with Crippen LogP contribution in [0.25, 0.3) is 0 Å². The summed E-state index contributed by atoms with van der Waals surface area (Å²) in [4.78, 5) is 28.2. The number of hydrogen-bond acceptors (Lipinski definition) is 5. The number of benzene rings is 1. The van der Waals surface area contributed by atoms with Crippen LogP contribution in [0.3, 0.4) is 0 Å². The summed E-state index contributed by atoms with van der Waals surface area (Å²) in [7, 11) is 0. The Labute approximate surface area is 142 Å². The van der Waals surface area contributed by atoms with Crippen molar-refractivity contribution in [2.75, 3.05) is 17.2 Å². The Morgan fingerprint density at radius 1 is 1.33 bits per heavy atom. The number of thiazole rings is 1. The number of carboxylic acid groups (broad SMARTS) is 1. The third-order valence-electron chi connectivity index (χ3n) is 3.53. The number of amides is 2. The van der Waals surface area contributed by atoms with E-state index in [2.05, 4.69) is 15.6 Å². The summed E-state index contributed by atoms with van der Waals surface area (Å²) in [5, 5.41) is 14.7. The smallest absolute Gasteiger partial charge is 0.325 e. The minimum atomic E-state index is -0.845. The molecule has 7 nitrogen and oxygen atoms in total. The molecule has 1 aliphatic heterocycles. The maximum absolute atomic E-state index is 12.1. The van der Waals surface area contributed by atoms with Gasteiger partial charge in [0.05, 0.1) is 23.8 Å². The Morgan fingerprint density at radius 3 is 3.00 bits per heavy atom. The van der Waals surface area contributed by atoms with E-state index in [1.165, 1.54) is 11.3 Å². The molecule has 126 valence electrons. The minimum Gasteiger partial charge on any atom is -0.481 e. The van der Waals surface area contributed by atoms with Gasteiger partial charge in [-0.15, -0.1) is 0 Å². The highest BCUT2D eigenvalue weighted by molar-refractivity contribution is 7.15. The number of urea groups is 1. The van der Waals surface area contributed by atoms with Gasteiger partial charge in [-0.3, -0.25) is 10.1 Å². The van der Waals surface area contributed by atoms with Gasteiger partial charge in [0.25, 0.3) is 0 Å². The first kappa shape index (κ1) is 16.4. The summed E-state index contributed by atoms with van der Waals surface area (Å²) >= 11 is 1.42. The van der Waals surface area contributed by atoms with Crippen molar-refractivity contribution in [3.8, 4) is 0 Å². The van der Waals surface area contributed by atoms with Crippen LogP contribution in [0.4, 0.5) is 15.6 Å². The summed E-state index contributed by atoms with van der Waals surface area (Å²) in [5.74, 6) is -0.845. The monoisotopic (exact) mass is 347 g/mol. The van der Waals surface area contributed by atoms with Gasteiger partial charge < -0.3 is 15.2 Å². The fourth-order valence-corrected chi connectivity index (χ4v) is 3.33. The number of aryl methyl sites for hydroxylation is 1. The quantitative estimate of drug-likeness (QED) is 0.772. The van der Waals surface area contributed by atoms with E-state index in [0.29, 0.717) is 30.5 Å². The van der Waals surface area contributed by atoms with Crippen LogP contribution >= 0.6 is 11.3 Å². The number of nitrogens with one attached hydrogen (secondary N) is 2. The van der Waals surface area contributed by atoms with Crippen LogP contribution in [0.2, 0.25) is 0 Å². The molecule has 8 heteroatoms. The highest BCUT2D eigenvalue weighted by Crippen LogP contribution is 2.27. The Bertz CT molecular complexity index is 736. The second-order valence-electron chi connectivity index (χ2n) is 5.36. The van der Waals surface area contributed by atoms with Crippen LogP contribution < -0.4 is 10.6 Å². The molecule has 0 bridgehead atoms. The molecule has 3 N–H and O–H groups in total. The first-order valence-corrected chi connectivity index (χ1v) is 8.37. The lowest BCUT2D eigenvalue weighted by atomic mass is 10.1. The lowest BCUT2D eigenvalue weighted by Crippen LogP contribution is -2.19. The number of carboxylic acids is 1. The maximum atomic E-state index is 12.1. The number of nitrogens with zero attached hydrogens (tertiary/aromatic N) is 1. The molecule has 0 saturated heterocycles. The standard InChI is InChI=1S/C16H17N3O4S/c20-14(21)5-4-10-2-1-3-11(8-10)17-15(22)19-16-18-12-6-7-23-9-13(12)24-16/h1-3,8H,4-7,9H2,(H,20,21)(H2,17,18,19,22). The fraction of sp³-hybridized carbons (Fsp3) is 0.312. The molecule has 2 heterocycles. The van der Waals surface area contributed by atoms with Gasteiger partial charge in [-0.2, -0.15) is 0 Å². The van der Waals surface area contributed by atoms with Gasteiger partial charge in [0.2, 0.25) is 0 Å². The first-order chi connectivity index (χ1) is 11.6. The molecule has 0 saturated carbocycles. The third kappa shape index (κ3) is 4.30. The predicted octanol–water partition coefficient (Wildman–Crippen LogP) is 2.88. The topological polar surface area (TPSA) is 101 Å². The van der Waals surface area contributed by atoms with Gasteiger partial charge in [-0.25, -0.2) is 9.78 Å². The van der Waals surface area contributed by atoms with E-state index in [1.807, 2.05) is 6.07 Å². The van der Waals surface area contributed by atoms with Crippen molar-refractivity contribution < 1.29 is 19.4 Å². The van der Waals surface area contributed by atoms with Crippen LogP contribution in [0.1, 0.15) is 22.6 Å². The van der Waals surface area contributed by atoms with Crippen LogP contribution in [-0.4, -0.2) is 28.7 Å². The van der Waals surface area contributed by atoms with Crippen molar-refractivity contribution in [3.05, 3.63) is 40.4 Å². The number of ether oxygens (including phenoxy) is 1. The first-order valence-electron chi connectivity index (χ1n) is 7.55. The number of fused-ring (bicyclic) bond motifs is 1. The van der Waals surface area contributed by atoms with E-state index in [-0.39, 0.29) is 12.5 Å². The number of rotatable bonds is 5. The van der Waals surface area contributed by atoms with Crippen LogP contribution in [0, 0.1) is 0 Å². The fourth-order valence-electron chi connectivity index (χ4n) is 2.39. The SMILES string of the molecule is O=C(O)CCc1cccc(NC(=O)Nc2nc3c(s2)COCC3)c1. The van der Waals surface area contributed by atoms with Crippen molar-refractivity contribution in [1.82, 2.24) is 4.98 Å². The zero-order valence-electron chi connectivity index (χ0n) is 12.9. The molecule has 1 aliphatic rings. The minimum absolute atomic E-state index is 0.0579. The summed E-state index contributed by atoms with van der Waals surface area (Å²) in [6.45, 7) is 1.20. The second kappa shape index (κ2) is 7.41. The average molecular weight is 347 g/mol. The number of carbonyl (C=O) groups is 2. The van der Waals surface area contributed by atoms with Gasteiger partial charge in [0.1, 0.15) is 0 Å². The van der Waals surface area contributed by atoms with Crippen molar-refractivity contribution in [3.63, 3.8) is 0 Å². The zero-order valence-corrected chi connectivity index (χ0v) is 13.7. The van der Waals surface area contributed by atoms with E-state index >= 15 is 0 Å². The van der Waals surface area contributed by atoms with Gasteiger partial charge in [-0.05, 0) is 24.1 Å². The van der Waals surface area contributed by atoms with Crippen LogP contribution in [-0.2, 0) is 29.0 Å². The Kier molecular flexibility index (Phi) is 5.07. The molecule has 24 heavy (non-hydrogen) atoms. The van der Waals surface area contributed by atoms with Crippen molar-refractivity contribution in [2.24, 2.45) is 0 Å². The van der Waals surface area contributed by atoms with Crippen molar-refractivity contribution >= 4 is 34.2 Å². The molecule has 0 spiro atoms. The third-order valence-corrected chi connectivity index (χ3v) is 4.51. The zero-order chi connectivity index (χ0) is 16.9. The molecule has 3 rings (SSSR count). The summed E-state index contributed by atoms with van der Waals surface area (Å²) < 4.78 is 5.36. The molecule has 0 aliphatic carbocycles. The second-order valence-corrected chi connectivity index (χ2v) is 6.45. The highest BCUT2D eigenvalue weighted by atomic mass is 32.1. The summed E-state index contributed by atoms with van der Waals surface area (Å²) in [6, 6.07) is 6.76. The molecular weight excluding hydrogens is 330 g/mol.